The summed E-state index contributed by atoms with van der Waals surface area (Å²) in [6.45, 7) is 8.66. The van der Waals surface area contributed by atoms with E-state index in [1.165, 1.54) is 19.3 Å². The number of carbonyl (C=O) groups is 1. The van der Waals surface area contributed by atoms with Gasteiger partial charge in [0.15, 0.2) is 0 Å². The topological polar surface area (TPSA) is 17.1 Å². The lowest BCUT2D eigenvalue weighted by Crippen LogP contribution is -1.95. The van der Waals surface area contributed by atoms with Gasteiger partial charge >= 0.3 is 0 Å². The number of allylic oxidation sites excluding steroid dienone is 2. The Bertz CT molecular complexity index is 180. The minimum Gasteiger partial charge on any atom is -0.298 e. The van der Waals surface area contributed by atoms with Crippen LogP contribution < -0.4 is 0 Å². The van der Waals surface area contributed by atoms with Crippen molar-refractivity contribution >= 4 is 6.29 Å². The molecule has 1 heteroatoms. The van der Waals surface area contributed by atoms with Crippen LogP contribution in [-0.4, -0.2) is 6.29 Å². The van der Waals surface area contributed by atoms with Crippen LogP contribution in [0.4, 0.5) is 0 Å². The molecule has 0 N–H and O–H groups in total. The maximum Gasteiger partial charge on any atom is 0.145 e. The number of hydrogen-bond donors (Lipinski definition) is 0. The minimum absolute atomic E-state index is 0.712. The van der Waals surface area contributed by atoms with Gasteiger partial charge in [0.1, 0.15) is 6.29 Å². The Morgan fingerprint density at radius 2 is 1.86 bits per heavy atom. The Balaban J connectivity index is 3.55. The Labute approximate surface area is 88.6 Å². The number of rotatable bonds is 7. The molecule has 0 amide bonds. The van der Waals surface area contributed by atoms with Crippen molar-refractivity contribution in [3.05, 3.63) is 11.6 Å². The van der Waals surface area contributed by atoms with Gasteiger partial charge in [0.05, 0.1) is 0 Å². The van der Waals surface area contributed by atoms with Crippen molar-refractivity contribution in [2.75, 3.05) is 0 Å². The van der Waals surface area contributed by atoms with Gasteiger partial charge in [-0.3, -0.25) is 4.79 Å². The lowest BCUT2D eigenvalue weighted by atomic mass is 9.96. The largest absolute Gasteiger partial charge is 0.298 e. The highest BCUT2D eigenvalue weighted by Gasteiger charge is 2.01. The fourth-order valence-corrected chi connectivity index (χ4v) is 1.43. The third-order valence-corrected chi connectivity index (χ3v) is 2.51. The van der Waals surface area contributed by atoms with Crippen molar-refractivity contribution in [1.29, 1.82) is 0 Å². The number of aldehydes is 1. The molecule has 0 saturated carbocycles. The molecule has 0 spiro atoms. The third kappa shape index (κ3) is 8.03. The Morgan fingerprint density at radius 1 is 1.21 bits per heavy atom. The van der Waals surface area contributed by atoms with Crippen molar-refractivity contribution in [3.63, 3.8) is 0 Å². The molecule has 0 aromatic heterocycles. The van der Waals surface area contributed by atoms with Crippen LogP contribution in [-0.2, 0) is 4.79 Å². The first kappa shape index (κ1) is 13.4. The SMILES string of the molecule is CC(C=O)=CCC(C)CCCC(C)C. The lowest BCUT2D eigenvalue weighted by Gasteiger charge is -2.09. The molecule has 0 fully saturated rings. The monoisotopic (exact) mass is 196 g/mol. The van der Waals surface area contributed by atoms with E-state index in [1.54, 1.807) is 0 Å². The Morgan fingerprint density at radius 3 is 2.36 bits per heavy atom. The molecule has 0 bridgehead atoms. The van der Waals surface area contributed by atoms with Crippen molar-refractivity contribution in [3.8, 4) is 0 Å². The average molecular weight is 196 g/mol. The summed E-state index contributed by atoms with van der Waals surface area (Å²) in [5, 5.41) is 0. The van der Waals surface area contributed by atoms with E-state index in [1.807, 2.05) is 13.0 Å². The summed E-state index contributed by atoms with van der Waals surface area (Å²) >= 11 is 0. The predicted octanol–water partition coefficient (Wildman–Crippen LogP) is 3.98. The van der Waals surface area contributed by atoms with E-state index in [-0.39, 0.29) is 0 Å². The second-order valence-electron chi connectivity index (χ2n) is 4.73. The van der Waals surface area contributed by atoms with E-state index < -0.39 is 0 Å². The van der Waals surface area contributed by atoms with Crippen LogP contribution in [0.25, 0.3) is 0 Å². The van der Waals surface area contributed by atoms with E-state index in [9.17, 15) is 4.79 Å². The summed E-state index contributed by atoms with van der Waals surface area (Å²) in [7, 11) is 0. The van der Waals surface area contributed by atoms with Gasteiger partial charge in [0, 0.05) is 0 Å². The first-order valence-corrected chi connectivity index (χ1v) is 5.68. The van der Waals surface area contributed by atoms with Crippen LogP contribution in [0, 0.1) is 11.8 Å². The summed E-state index contributed by atoms with van der Waals surface area (Å²) in [5.41, 5.74) is 0.862. The maximum absolute atomic E-state index is 10.4. The van der Waals surface area contributed by atoms with Crippen molar-refractivity contribution in [1.82, 2.24) is 0 Å². The molecule has 0 aliphatic rings. The van der Waals surface area contributed by atoms with Crippen molar-refractivity contribution in [2.45, 2.75) is 53.4 Å². The first-order valence-electron chi connectivity index (χ1n) is 5.68. The molecule has 0 aliphatic heterocycles. The molecule has 14 heavy (non-hydrogen) atoms. The fraction of sp³-hybridized carbons (Fsp3) is 0.769. The van der Waals surface area contributed by atoms with Gasteiger partial charge in [-0.05, 0) is 30.8 Å². The molecule has 0 aromatic rings. The zero-order chi connectivity index (χ0) is 11.0. The highest BCUT2D eigenvalue weighted by atomic mass is 16.1. The summed E-state index contributed by atoms with van der Waals surface area (Å²) in [6, 6.07) is 0. The molecule has 0 heterocycles. The quantitative estimate of drug-likeness (QED) is 0.444. The normalized spacial score (nSPS) is 14.5. The summed E-state index contributed by atoms with van der Waals surface area (Å²) in [4.78, 5) is 10.4. The van der Waals surface area contributed by atoms with E-state index in [4.69, 9.17) is 0 Å². The molecule has 0 aromatic carbocycles. The molecule has 0 rings (SSSR count). The Kier molecular flexibility index (Phi) is 7.45. The number of hydrogen-bond acceptors (Lipinski definition) is 1. The lowest BCUT2D eigenvalue weighted by molar-refractivity contribution is -0.104. The van der Waals surface area contributed by atoms with Crippen molar-refractivity contribution in [2.24, 2.45) is 11.8 Å². The molecule has 1 unspecified atom stereocenters. The maximum atomic E-state index is 10.4. The van der Waals surface area contributed by atoms with E-state index in [0.29, 0.717) is 5.92 Å². The highest BCUT2D eigenvalue weighted by Crippen LogP contribution is 2.15. The predicted molar refractivity (Wildman–Crippen MR) is 62.3 cm³/mol. The van der Waals surface area contributed by atoms with Crippen LogP contribution in [0.5, 0.6) is 0 Å². The van der Waals surface area contributed by atoms with Crippen LogP contribution in [0.3, 0.4) is 0 Å². The van der Waals surface area contributed by atoms with Crippen LogP contribution >= 0.6 is 0 Å². The van der Waals surface area contributed by atoms with Gasteiger partial charge < -0.3 is 0 Å². The van der Waals surface area contributed by atoms with Crippen LogP contribution in [0.1, 0.15) is 53.4 Å². The van der Waals surface area contributed by atoms with E-state index in [2.05, 4.69) is 20.8 Å². The fourth-order valence-electron chi connectivity index (χ4n) is 1.43. The second-order valence-corrected chi connectivity index (χ2v) is 4.73. The smallest absolute Gasteiger partial charge is 0.145 e. The van der Waals surface area contributed by atoms with Gasteiger partial charge in [-0.15, -0.1) is 0 Å². The summed E-state index contributed by atoms with van der Waals surface area (Å²) in [5.74, 6) is 1.53. The van der Waals surface area contributed by atoms with Gasteiger partial charge in [0.2, 0.25) is 0 Å². The molecule has 0 aliphatic carbocycles. The summed E-state index contributed by atoms with van der Waals surface area (Å²) < 4.78 is 0. The van der Waals surface area contributed by atoms with Crippen molar-refractivity contribution < 1.29 is 4.79 Å². The summed E-state index contributed by atoms with van der Waals surface area (Å²) in [6.07, 6.45) is 7.94. The van der Waals surface area contributed by atoms with Gasteiger partial charge in [-0.25, -0.2) is 0 Å². The van der Waals surface area contributed by atoms with Gasteiger partial charge in [-0.1, -0.05) is 46.1 Å². The molecular weight excluding hydrogens is 172 g/mol. The molecule has 82 valence electrons. The zero-order valence-electron chi connectivity index (χ0n) is 10.0. The van der Waals surface area contributed by atoms with E-state index >= 15 is 0 Å². The highest BCUT2D eigenvalue weighted by molar-refractivity contribution is 5.71. The minimum atomic E-state index is 0.712. The molecule has 1 nitrogen and oxygen atoms in total. The molecule has 0 radical (unpaired) electrons. The molecular formula is C13H24O. The molecule has 1 atom stereocenters. The Hall–Kier alpha value is -0.590. The van der Waals surface area contributed by atoms with Crippen LogP contribution in [0.2, 0.25) is 0 Å². The van der Waals surface area contributed by atoms with Crippen LogP contribution in [0.15, 0.2) is 11.6 Å². The molecule has 0 saturated heterocycles. The zero-order valence-corrected chi connectivity index (χ0v) is 10.0. The second kappa shape index (κ2) is 7.78. The van der Waals surface area contributed by atoms with Gasteiger partial charge in [-0.2, -0.15) is 0 Å². The van der Waals surface area contributed by atoms with Gasteiger partial charge in [0.25, 0.3) is 0 Å². The number of carbonyl (C=O) groups excluding carboxylic acids is 1. The average Bonchev–Trinajstić information content (AvgIpc) is 2.13. The third-order valence-electron chi connectivity index (χ3n) is 2.51. The van der Waals surface area contributed by atoms with E-state index in [0.717, 1.165) is 24.2 Å². The first-order chi connectivity index (χ1) is 6.56. The standard InChI is InChI=1S/C13H24O/c1-11(2)6-5-7-12(3)8-9-13(4)10-14/h9-12H,5-8H2,1-4H3.